The molecule has 0 spiro atoms. The minimum absolute atomic E-state index is 0.142. The van der Waals surface area contributed by atoms with E-state index in [1.807, 2.05) is 24.3 Å². The molecule has 1 aromatic carbocycles. The Morgan fingerprint density at radius 1 is 1.20 bits per heavy atom. The first kappa shape index (κ1) is 29.2. The van der Waals surface area contributed by atoms with Gasteiger partial charge in [-0.25, -0.2) is 0 Å². The zero-order chi connectivity index (χ0) is 29.0. The highest BCUT2D eigenvalue weighted by molar-refractivity contribution is 6.33. The Morgan fingerprint density at radius 2 is 1.98 bits per heavy atom. The summed E-state index contributed by atoms with van der Waals surface area (Å²) in [6.45, 7) is 7.48. The maximum absolute atomic E-state index is 12.5. The molecule has 2 aromatic rings. The number of piperazine rings is 1. The SMILES string of the molecule is C=CC(=O)N1CCN(c2nc(OC3(CN(C)C)CCCCC3)nc3c2CCN(c2ccccc2Cl)C3)C[C@@H]1CC#N. The molecule has 5 rings (SSSR count). The molecule has 0 bridgehead atoms. The molecule has 1 atom stereocenters. The van der Waals surface area contributed by atoms with Crippen LogP contribution in [0.1, 0.15) is 49.8 Å². The van der Waals surface area contributed by atoms with Crippen molar-refractivity contribution in [2.24, 2.45) is 0 Å². The molecule has 218 valence electrons. The van der Waals surface area contributed by atoms with Gasteiger partial charge >= 0.3 is 6.01 Å². The van der Waals surface area contributed by atoms with E-state index in [2.05, 4.69) is 41.4 Å². The summed E-state index contributed by atoms with van der Waals surface area (Å²) in [5.74, 6) is 0.713. The number of aromatic nitrogens is 2. The van der Waals surface area contributed by atoms with Crippen molar-refractivity contribution in [3.8, 4) is 12.1 Å². The summed E-state index contributed by atoms with van der Waals surface area (Å²) >= 11 is 6.58. The van der Waals surface area contributed by atoms with Crippen LogP contribution < -0.4 is 14.5 Å². The summed E-state index contributed by atoms with van der Waals surface area (Å²) in [5.41, 5.74) is 2.70. The Kier molecular flexibility index (Phi) is 9.00. The first-order chi connectivity index (χ1) is 19.8. The minimum Gasteiger partial charge on any atom is -0.455 e. The Balaban J connectivity index is 1.52. The summed E-state index contributed by atoms with van der Waals surface area (Å²) < 4.78 is 6.80. The Labute approximate surface area is 248 Å². The number of nitrogens with zero attached hydrogens (tertiary/aromatic N) is 7. The van der Waals surface area contributed by atoms with E-state index in [0.29, 0.717) is 32.2 Å². The molecule has 1 aliphatic carbocycles. The molecular weight excluding hydrogens is 538 g/mol. The molecule has 0 N–H and O–H groups in total. The summed E-state index contributed by atoms with van der Waals surface area (Å²) in [5, 5.41) is 10.2. The van der Waals surface area contributed by atoms with Crippen LogP contribution in [0.4, 0.5) is 11.5 Å². The first-order valence-corrected chi connectivity index (χ1v) is 15.0. The number of ether oxygens (including phenoxy) is 1. The third kappa shape index (κ3) is 6.44. The average Bonchev–Trinajstić information content (AvgIpc) is 2.96. The summed E-state index contributed by atoms with van der Waals surface area (Å²) in [6, 6.07) is 10.3. The molecule has 10 heteroatoms. The smallest absolute Gasteiger partial charge is 0.319 e. The lowest BCUT2D eigenvalue weighted by atomic mass is 9.84. The summed E-state index contributed by atoms with van der Waals surface area (Å²) in [6.07, 6.45) is 7.75. The third-order valence-corrected chi connectivity index (χ3v) is 8.78. The van der Waals surface area contributed by atoms with Gasteiger partial charge in [0.15, 0.2) is 0 Å². The van der Waals surface area contributed by atoms with E-state index in [-0.39, 0.29) is 24.0 Å². The number of carbonyl (C=O) groups excluding carboxylic acids is 1. The molecule has 1 saturated heterocycles. The third-order valence-electron chi connectivity index (χ3n) is 8.46. The molecular formula is C31H40ClN7O2. The molecule has 0 radical (unpaired) electrons. The fraction of sp³-hybridized carbons (Fsp3) is 0.548. The molecule has 3 aliphatic rings. The highest BCUT2D eigenvalue weighted by Crippen LogP contribution is 2.37. The van der Waals surface area contributed by atoms with Crippen LogP contribution in [0.3, 0.4) is 0 Å². The van der Waals surface area contributed by atoms with Crippen molar-refractivity contribution in [2.45, 2.75) is 63.1 Å². The van der Waals surface area contributed by atoms with Gasteiger partial charge in [-0.1, -0.05) is 36.7 Å². The van der Waals surface area contributed by atoms with Gasteiger partial charge in [-0.15, -0.1) is 0 Å². The van der Waals surface area contributed by atoms with Gasteiger partial charge in [0.2, 0.25) is 5.91 Å². The summed E-state index contributed by atoms with van der Waals surface area (Å²) in [4.78, 5) is 31.1. The van der Waals surface area contributed by atoms with E-state index in [0.717, 1.165) is 73.0 Å². The van der Waals surface area contributed by atoms with Crippen LogP contribution in [0, 0.1) is 11.3 Å². The fourth-order valence-corrected chi connectivity index (χ4v) is 6.86. The molecule has 0 unspecified atom stereocenters. The van der Waals surface area contributed by atoms with Crippen molar-refractivity contribution >= 4 is 29.0 Å². The fourth-order valence-electron chi connectivity index (χ4n) is 6.60. The number of halogens is 1. The number of rotatable bonds is 8. The highest BCUT2D eigenvalue weighted by Gasteiger charge is 2.38. The topological polar surface area (TPSA) is 88.8 Å². The van der Waals surface area contributed by atoms with Gasteiger partial charge in [-0.3, -0.25) is 4.79 Å². The molecule has 2 aliphatic heterocycles. The largest absolute Gasteiger partial charge is 0.455 e. The average molecular weight is 578 g/mol. The highest BCUT2D eigenvalue weighted by atomic mass is 35.5. The number of benzene rings is 1. The number of anilines is 2. The number of para-hydroxylation sites is 1. The van der Waals surface area contributed by atoms with Gasteiger partial charge in [0.25, 0.3) is 0 Å². The Morgan fingerprint density at radius 3 is 2.68 bits per heavy atom. The van der Waals surface area contributed by atoms with Gasteiger partial charge in [0.05, 0.1) is 41.5 Å². The number of likely N-dealkylation sites (N-methyl/N-ethyl adjacent to an activating group) is 1. The van der Waals surface area contributed by atoms with E-state index < -0.39 is 0 Å². The molecule has 1 amide bonds. The van der Waals surface area contributed by atoms with Gasteiger partial charge in [-0.05, 0) is 64.4 Å². The van der Waals surface area contributed by atoms with Crippen LogP contribution in [0.25, 0.3) is 0 Å². The predicted molar refractivity (Wildman–Crippen MR) is 161 cm³/mol. The van der Waals surface area contributed by atoms with Crippen molar-refractivity contribution < 1.29 is 9.53 Å². The Bertz CT molecular complexity index is 1300. The van der Waals surface area contributed by atoms with Crippen LogP contribution in [-0.4, -0.2) is 84.1 Å². The number of nitriles is 1. The van der Waals surface area contributed by atoms with Crippen molar-refractivity contribution in [3.05, 3.63) is 53.2 Å². The van der Waals surface area contributed by atoms with Crippen molar-refractivity contribution in [2.75, 3.05) is 56.6 Å². The van der Waals surface area contributed by atoms with E-state index >= 15 is 0 Å². The lowest BCUT2D eigenvalue weighted by Gasteiger charge is -2.43. The van der Waals surface area contributed by atoms with Gasteiger partial charge in [0, 0.05) is 38.3 Å². The molecule has 41 heavy (non-hydrogen) atoms. The number of hydrogen-bond donors (Lipinski definition) is 0. The lowest BCUT2D eigenvalue weighted by Crippen LogP contribution is -2.55. The number of carbonyl (C=O) groups is 1. The lowest BCUT2D eigenvalue weighted by molar-refractivity contribution is -0.128. The second-order valence-corrected chi connectivity index (χ2v) is 12.1. The van der Waals surface area contributed by atoms with Crippen molar-refractivity contribution in [1.29, 1.82) is 5.26 Å². The van der Waals surface area contributed by atoms with Crippen molar-refractivity contribution in [3.63, 3.8) is 0 Å². The number of hydrogen-bond acceptors (Lipinski definition) is 8. The monoisotopic (exact) mass is 577 g/mol. The maximum Gasteiger partial charge on any atom is 0.319 e. The van der Waals surface area contributed by atoms with E-state index in [9.17, 15) is 10.1 Å². The molecule has 1 aromatic heterocycles. The molecule has 3 heterocycles. The van der Waals surface area contributed by atoms with Crippen LogP contribution >= 0.6 is 11.6 Å². The van der Waals surface area contributed by atoms with Crippen LogP contribution in [0.2, 0.25) is 5.02 Å². The van der Waals surface area contributed by atoms with Crippen molar-refractivity contribution in [1.82, 2.24) is 19.8 Å². The molecule has 1 saturated carbocycles. The van der Waals surface area contributed by atoms with Crippen LogP contribution in [0.15, 0.2) is 36.9 Å². The van der Waals surface area contributed by atoms with E-state index in [1.54, 1.807) is 4.90 Å². The minimum atomic E-state index is -0.331. The maximum atomic E-state index is 12.5. The predicted octanol–water partition coefficient (Wildman–Crippen LogP) is 4.45. The zero-order valence-electron chi connectivity index (χ0n) is 24.2. The van der Waals surface area contributed by atoms with Crippen LogP contribution in [0.5, 0.6) is 6.01 Å². The Hall–Kier alpha value is -3.35. The number of amides is 1. The standard InChI is InChI=1S/C31H40ClN7O2/c1-4-28(40)39-19-18-38(20-23(39)12-16-33)29-24-13-17-37(27-11-7-6-10-25(27)32)21-26(24)34-30(35-29)41-31(22-36(2)3)14-8-5-9-15-31/h4,6-7,10-11,23H,1,5,8-9,12-15,17-22H2,2-3H3/t23-/m0/s1. The number of fused-ring (bicyclic) bond motifs is 1. The van der Waals surface area contributed by atoms with Gasteiger partial charge in [-0.2, -0.15) is 15.2 Å². The van der Waals surface area contributed by atoms with Gasteiger partial charge < -0.3 is 24.3 Å². The zero-order valence-corrected chi connectivity index (χ0v) is 24.9. The normalized spacial score (nSPS) is 20.4. The molecule has 9 nitrogen and oxygen atoms in total. The first-order valence-electron chi connectivity index (χ1n) is 14.6. The quantitative estimate of drug-likeness (QED) is 0.425. The van der Waals surface area contributed by atoms with Gasteiger partial charge in [0.1, 0.15) is 11.4 Å². The summed E-state index contributed by atoms with van der Waals surface area (Å²) in [7, 11) is 4.17. The van der Waals surface area contributed by atoms with Crippen LogP contribution in [-0.2, 0) is 17.8 Å². The van der Waals surface area contributed by atoms with E-state index in [4.69, 9.17) is 26.3 Å². The molecule has 2 fully saturated rings. The second-order valence-electron chi connectivity index (χ2n) is 11.7. The second kappa shape index (κ2) is 12.7. The van der Waals surface area contributed by atoms with E-state index in [1.165, 1.54) is 12.5 Å².